The zero-order valence-electron chi connectivity index (χ0n) is 8.74. The van der Waals surface area contributed by atoms with Gasteiger partial charge in [0.1, 0.15) is 5.60 Å². The number of carbonyl (C=O) groups is 1. The topological polar surface area (TPSA) is 67.8 Å². The van der Waals surface area contributed by atoms with E-state index in [-0.39, 0.29) is 6.04 Å². The first kappa shape index (κ1) is 11.3. The van der Waals surface area contributed by atoms with Crippen LogP contribution in [0, 0.1) is 0 Å². The van der Waals surface area contributed by atoms with Gasteiger partial charge in [-0.3, -0.25) is 0 Å². The van der Waals surface area contributed by atoms with Crippen LogP contribution in [0.15, 0.2) is 0 Å². The van der Waals surface area contributed by atoms with Crippen LogP contribution in [0.5, 0.6) is 0 Å². The summed E-state index contributed by atoms with van der Waals surface area (Å²) < 4.78 is 9.91. The van der Waals surface area contributed by atoms with Gasteiger partial charge in [-0.15, -0.1) is 0 Å². The molecule has 5 heteroatoms. The maximum Gasteiger partial charge on any atom is 0.408 e. The van der Waals surface area contributed by atoms with Gasteiger partial charge in [0.15, 0.2) is 6.29 Å². The molecule has 1 aliphatic rings. The lowest BCUT2D eigenvalue weighted by molar-refractivity contribution is -0.0723. The third-order valence-corrected chi connectivity index (χ3v) is 1.76. The van der Waals surface area contributed by atoms with Crippen molar-refractivity contribution in [1.82, 2.24) is 5.32 Å². The van der Waals surface area contributed by atoms with Gasteiger partial charge in [-0.25, -0.2) is 4.79 Å². The average molecular weight is 203 g/mol. The highest BCUT2D eigenvalue weighted by Crippen LogP contribution is 2.12. The number of hydrogen-bond donors (Lipinski definition) is 2. The van der Waals surface area contributed by atoms with E-state index in [4.69, 9.17) is 9.47 Å². The van der Waals surface area contributed by atoms with Crippen molar-refractivity contribution in [3.63, 3.8) is 0 Å². The largest absolute Gasteiger partial charge is 0.444 e. The van der Waals surface area contributed by atoms with Gasteiger partial charge in [-0.05, 0) is 27.2 Å². The maximum atomic E-state index is 11.3. The van der Waals surface area contributed by atoms with Crippen molar-refractivity contribution in [2.45, 2.75) is 45.1 Å². The third-order valence-electron chi connectivity index (χ3n) is 1.76. The summed E-state index contributed by atoms with van der Waals surface area (Å²) in [4.78, 5) is 11.3. The maximum absolute atomic E-state index is 11.3. The molecule has 0 saturated carbocycles. The lowest BCUT2D eigenvalue weighted by Crippen LogP contribution is -2.43. The van der Waals surface area contributed by atoms with Crippen molar-refractivity contribution in [2.75, 3.05) is 6.61 Å². The summed E-state index contributed by atoms with van der Waals surface area (Å²) in [6, 6.07) is -0.357. The molecule has 0 aromatic heterocycles. The van der Waals surface area contributed by atoms with Gasteiger partial charge in [-0.2, -0.15) is 0 Å². The second-order valence-corrected chi connectivity index (χ2v) is 4.30. The number of nitrogens with one attached hydrogen (secondary N) is 1. The summed E-state index contributed by atoms with van der Waals surface area (Å²) in [5.41, 5.74) is -0.519. The van der Waals surface area contributed by atoms with Gasteiger partial charge >= 0.3 is 6.09 Å². The fraction of sp³-hybridized carbons (Fsp3) is 0.889. The van der Waals surface area contributed by atoms with Gasteiger partial charge < -0.3 is 19.9 Å². The molecular weight excluding hydrogens is 186 g/mol. The van der Waals surface area contributed by atoms with Crippen LogP contribution in [0.3, 0.4) is 0 Å². The Balaban J connectivity index is 2.33. The summed E-state index contributed by atoms with van der Waals surface area (Å²) in [6.07, 6.45) is -0.824. The molecule has 0 aromatic carbocycles. The van der Waals surface area contributed by atoms with Crippen LogP contribution in [-0.4, -0.2) is 35.7 Å². The Morgan fingerprint density at radius 1 is 1.57 bits per heavy atom. The second kappa shape index (κ2) is 4.14. The molecule has 5 nitrogen and oxygen atoms in total. The number of ether oxygens (including phenoxy) is 2. The predicted octanol–water partition coefficient (Wildman–Crippen LogP) is 0.618. The van der Waals surface area contributed by atoms with Crippen molar-refractivity contribution < 1.29 is 19.4 Å². The van der Waals surface area contributed by atoms with Crippen LogP contribution in [0.2, 0.25) is 0 Å². The quantitative estimate of drug-likeness (QED) is 0.655. The summed E-state index contributed by atoms with van der Waals surface area (Å²) >= 11 is 0. The molecular formula is C9H17NO4. The van der Waals surface area contributed by atoms with Crippen molar-refractivity contribution in [2.24, 2.45) is 0 Å². The fourth-order valence-electron chi connectivity index (χ4n) is 1.18. The van der Waals surface area contributed by atoms with Gasteiger partial charge in [0.2, 0.25) is 0 Å². The molecule has 0 bridgehead atoms. The van der Waals surface area contributed by atoms with Crippen LogP contribution in [0.1, 0.15) is 27.2 Å². The number of carbonyl (C=O) groups excluding carboxylic acids is 1. The Morgan fingerprint density at radius 2 is 2.21 bits per heavy atom. The molecule has 0 radical (unpaired) electrons. The first-order chi connectivity index (χ1) is 6.38. The Morgan fingerprint density at radius 3 is 2.64 bits per heavy atom. The van der Waals surface area contributed by atoms with Crippen LogP contribution >= 0.6 is 0 Å². The van der Waals surface area contributed by atoms with E-state index in [9.17, 15) is 9.90 Å². The molecule has 1 aliphatic heterocycles. The van der Waals surface area contributed by atoms with Crippen LogP contribution in [-0.2, 0) is 9.47 Å². The van der Waals surface area contributed by atoms with E-state index in [0.29, 0.717) is 13.0 Å². The molecule has 1 rings (SSSR count). The highest BCUT2D eigenvalue weighted by atomic mass is 16.6. The highest BCUT2D eigenvalue weighted by Gasteiger charge is 2.29. The van der Waals surface area contributed by atoms with E-state index < -0.39 is 18.0 Å². The molecule has 1 fully saturated rings. The number of rotatable bonds is 1. The molecule has 0 spiro atoms. The monoisotopic (exact) mass is 203 g/mol. The normalized spacial score (nSPS) is 27.4. The van der Waals surface area contributed by atoms with Crippen LogP contribution in [0.25, 0.3) is 0 Å². The number of hydrogen-bond acceptors (Lipinski definition) is 4. The van der Waals surface area contributed by atoms with Crippen molar-refractivity contribution in [3.05, 3.63) is 0 Å². The molecule has 0 unspecified atom stereocenters. The molecule has 1 amide bonds. The zero-order chi connectivity index (χ0) is 10.8. The number of amides is 1. The Kier molecular flexibility index (Phi) is 3.34. The molecule has 0 aliphatic carbocycles. The van der Waals surface area contributed by atoms with Gasteiger partial charge in [-0.1, -0.05) is 0 Å². The molecule has 1 heterocycles. The van der Waals surface area contributed by atoms with Crippen molar-refractivity contribution in [1.29, 1.82) is 0 Å². The molecule has 14 heavy (non-hydrogen) atoms. The number of alkyl carbamates (subject to hydrolysis) is 1. The number of aliphatic hydroxyl groups is 1. The summed E-state index contributed by atoms with van der Waals surface area (Å²) in [7, 11) is 0. The van der Waals surface area contributed by atoms with Gasteiger partial charge in [0.05, 0.1) is 12.6 Å². The standard InChI is InChI=1S/C9H17NO4/c1-9(2,3)14-8(12)10-6-4-5-13-7(6)11/h6-7,11H,4-5H2,1-3H3,(H,10,12)/t6-,7+/m0/s1. The van der Waals surface area contributed by atoms with Crippen LogP contribution in [0.4, 0.5) is 4.79 Å². The Hall–Kier alpha value is -0.810. The smallest absolute Gasteiger partial charge is 0.408 e. The SMILES string of the molecule is CC(C)(C)OC(=O)N[C@H]1CCO[C@H]1O. The van der Waals surface area contributed by atoms with E-state index in [1.165, 1.54) is 0 Å². The summed E-state index contributed by atoms with van der Waals surface area (Å²) in [6.45, 7) is 5.82. The van der Waals surface area contributed by atoms with E-state index in [1.54, 1.807) is 20.8 Å². The van der Waals surface area contributed by atoms with Crippen molar-refractivity contribution in [3.8, 4) is 0 Å². The fourth-order valence-corrected chi connectivity index (χ4v) is 1.18. The van der Waals surface area contributed by atoms with Gasteiger partial charge in [0.25, 0.3) is 0 Å². The third kappa shape index (κ3) is 3.51. The molecule has 2 N–H and O–H groups in total. The van der Waals surface area contributed by atoms with E-state index in [1.807, 2.05) is 0 Å². The minimum absolute atomic E-state index is 0.357. The number of aliphatic hydroxyl groups excluding tert-OH is 1. The Labute approximate surface area is 83.4 Å². The van der Waals surface area contributed by atoms with Gasteiger partial charge in [0, 0.05) is 0 Å². The first-order valence-electron chi connectivity index (χ1n) is 4.68. The molecule has 0 aromatic rings. The first-order valence-corrected chi connectivity index (χ1v) is 4.68. The average Bonchev–Trinajstić information content (AvgIpc) is 2.32. The van der Waals surface area contributed by atoms with E-state index in [0.717, 1.165) is 0 Å². The predicted molar refractivity (Wildman–Crippen MR) is 49.7 cm³/mol. The molecule has 2 atom stereocenters. The lowest BCUT2D eigenvalue weighted by Gasteiger charge is -2.22. The summed E-state index contributed by atoms with van der Waals surface area (Å²) in [5, 5.41) is 11.8. The Bertz CT molecular complexity index is 211. The van der Waals surface area contributed by atoms with Crippen LogP contribution < -0.4 is 5.32 Å². The molecule has 82 valence electrons. The zero-order valence-corrected chi connectivity index (χ0v) is 8.74. The van der Waals surface area contributed by atoms with E-state index in [2.05, 4.69) is 5.32 Å². The van der Waals surface area contributed by atoms with E-state index >= 15 is 0 Å². The lowest BCUT2D eigenvalue weighted by atomic mass is 10.2. The minimum atomic E-state index is -0.914. The molecule has 1 saturated heterocycles. The second-order valence-electron chi connectivity index (χ2n) is 4.30. The highest BCUT2D eigenvalue weighted by molar-refractivity contribution is 5.68. The van der Waals surface area contributed by atoms with Crippen molar-refractivity contribution >= 4 is 6.09 Å². The minimum Gasteiger partial charge on any atom is -0.444 e. The summed E-state index contributed by atoms with van der Waals surface area (Å²) in [5.74, 6) is 0.